The quantitative estimate of drug-likeness (QED) is 0.354. The molecule has 0 aliphatic carbocycles. The first-order chi connectivity index (χ1) is 17.2. The number of methoxy groups -OCH3 is 1. The van der Waals surface area contributed by atoms with E-state index in [9.17, 15) is 4.79 Å². The SMILES string of the molecule is COc1ccccc1CN1CCC(NC(=O)c2ccc(SCc3cn4ccccc4n3)cc2)CC1. The van der Waals surface area contributed by atoms with Crippen LogP contribution in [0.3, 0.4) is 0 Å². The van der Waals surface area contributed by atoms with Crippen molar-refractivity contribution >= 4 is 23.3 Å². The van der Waals surface area contributed by atoms with Crippen molar-refractivity contribution in [1.82, 2.24) is 19.6 Å². The van der Waals surface area contributed by atoms with E-state index in [-0.39, 0.29) is 11.9 Å². The Kier molecular flexibility index (Phi) is 7.35. The molecule has 1 saturated heterocycles. The molecule has 180 valence electrons. The number of nitrogens with zero attached hydrogens (tertiary/aromatic N) is 3. The van der Waals surface area contributed by atoms with Crippen LogP contribution in [0.4, 0.5) is 0 Å². The summed E-state index contributed by atoms with van der Waals surface area (Å²) in [7, 11) is 1.72. The lowest BCUT2D eigenvalue weighted by Gasteiger charge is -2.32. The topological polar surface area (TPSA) is 58.9 Å². The molecule has 1 aliphatic rings. The number of thioether (sulfide) groups is 1. The zero-order valence-electron chi connectivity index (χ0n) is 19.9. The van der Waals surface area contributed by atoms with Crippen LogP contribution >= 0.6 is 11.8 Å². The molecule has 5 rings (SSSR count). The third-order valence-electron chi connectivity index (χ3n) is 6.43. The van der Waals surface area contributed by atoms with Gasteiger partial charge < -0.3 is 14.5 Å². The van der Waals surface area contributed by atoms with Gasteiger partial charge in [0.05, 0.1) is 12.8 Å². The lowest BCUT2D eigenvalue weighted by molar-refractivity contribution is 0.0908. The number of benzene rings is 2. The van der Waals surface area contributed by atoms with E-state index >= 15 is 0 Å². The summed E-state index contributed by atoms with van der Waals surface area (Å²) < 4.78 is 7.51. The second-order valence-electron chi connectivity index (χ2n) is 8.85. The first-order valence-electron chi connectivity index (χ1n) is 12.0. The lowest BCUT2D eigenvalue weighted by Crippen LogP contribution is -2.44. The summed E-state index contributed by atoms with van der Waals surface area (Å²) >= 11 is 1.73. The van der Waals surface area contributed by atoms with Crippen LogP contribution < -0.4 is 10.1 Å². The average Bonchev–Trinajstić information content (AvgIpc) is 3.32. The highest BCUT2D eigenvalue weighted by Crippen LogP contribution is 2.24. The largest absolute Gasteiger partial charge is 0.496 e. The maximum atomic E-state index is 12.8. The predicted octanol–water partition coefficient (Wildman–Crippen LogP) is 5.03. The van der Waals surface area contributed by atoms with Crippen LogP contribution in [0.5, 0.6) is 5.75 Å². The Morgan fingerprint density at radius 2 is 1.83 bits per heavy atom. The number of piperidine rings is 1. The molecule has 2 aromatic heterocycles. The Labute approximate surface area is 210 Å². The van der Waals surface area contributed by atoms with E-state index in [1.807, 2.05) is 71.3 Å². The van der Waals surface area contributed by atoms with Gasteiger partial charge in [-0.3, -0.25) is 9.69 Å². The van der Waals surface area contributed by atoms with Gasteiger partial charge in [0.1, 0.15) is 11.4 Å². The van der Waals surface area contributed by atoms with Gasteiger partial charge >= 0.3 is 0 Å². The van der Waals surface area contributed by atoms with Gasteiger partial charge in [-0.2, -0.15) is 0 Å². The van der Waals surface area contributed by atoms with Gasteiger partial charge in [-0.15, -0.1) is 11.8 Å². The Morgan fingerprint density at radius 3 is 2.60 bits per heavy atom. The minimum atomic E-state index is 0.00470. The summed E-state index contributed by atoms with van der Waals surface area (Å²) in [6.45, 7) is 2.79. The van der Waals surface area contributed by atoms with Gasteiger partial charge in [0, 0.05) is 59.8 Å². The number of pyridine rings is 1. The number of hydrogen-bond donors (Lipinski definition) is 1. The maximum Gasteiger partial charge on any atom is 0.251 e. The predicted molar refractivity (Wildman–Crippen MR) is 140 cm³/mol. The number of aromatic nitrogens is 2. The van der Waals surface area contributed by atoms with Crippen LogP contribution in [0.2, 0.25) is 0 Å². The zero-order valence-corrected chi connectivity index (χ0v) is 20.7. The Hall–Kier alpha value is -3.29. The van der Waals surface area contributed by atoms with Gasteiger partial charge in [0.2, 0.25) is 0 Å². The lowest BCUT2D eigenvalue weighted by atomic mass is 10.0. The van der Waals surface area contributed by atoms with Crippen molar-refractivity contribution in [3.05, 3.63) is 95.9 Å². The Bertz CT molecular complexity index is 1250. The highest BCUT2D eigenvalue weighted by atomic mass is 32.2. The maximum absolute atomic E-state index is 12.8. The molecule has 0 atom stereocenters. The third kappa shape index (κ3) is 5.86. The number of carbonyl (C=O) groups excluding carboxylic acids is 1. The van der Waals surface area contributed by atoms with E-state index in [1.54, 1.807) is 18.9 Å². The molecular weight excluding hydrogens is 456 g/mol. The van der Waals surface area contributed by atoms with Crippen molar-refractivity contribution in [2.24, 2.45) is 0 Å². The van der Waals surface area contributed by atoms with E-state index in [1.165, 1.54) is 5.56 Å². The molecule has 1 fully saturated rings. The summed E-state index contributed by atoms with van der Waals surface area (Å²) in [6, 6.07) is 22.2. The Morgan fingerprint density at radius 1 is 1.06 bits per heavy atom. The molecule has 7 heteroatoms. The number of imidazole rings is 1. The van der Waals surface area contributed by atoms with Crippen molar-refractivity contribution in [3.8, 4) is 5.75 Å². The molecule has 0 bridgehead atoms. The minimum Gasteiger partial charge on any atom is -0.496 e. The molecule has 0 unspecified atom stereocenters. The molecule has 1 aliphatic heterocycles. The molecule has 0 saturated carbocycles. The molecule has 35 heavy (non-hydrogen) atoms. The van der Waals surface area contributed by atoms with Crippen LogP contribution in [0.15, 0.2) is 84.0 Å². The van der Waals surface area contributed by atoms with Crippen LogP contribution in [0, 0.1) is 0 Å². The van der Waals surface area contributed by atoms with E-state index in [4.69, 9.17) is 4.74 Å². The first kappa shape index (κ1) is 23.5. The normalized spacial score (nSPS) is 14.8. The second-order valence-corrected chi connectivity index (χ2v) is 9.90. The van der Waals surface area contributed by atoms with Crippen molar-refractivity contribution in [3.63, 3.8) is 0 Å². The molecule has 6 nitrogen and oxygen atoms in total. The van der Waals surface area contributed by atoms with Crippen LogP contribution in [0.1, 0.15) is 34.5 Å². The fraction of sp³-hybridized carbons (Fsp3) is 0.286. The first-order valence-corrected chi connectivity index (χ1v) is 13.0. The molecule has 3 heterocycles. The number of para-hydroxylation sites is 1. The molecule has 1 amide bonds. The van der Waals surface area contributed by atoms with E-state index in [0.29, 0.717) is 5.56 Å². The molecule has 0 spiro atoms. The van der Waals surface area contributed by atoms with Gasteiger partial charge in [-0.25, -0.2) is 4.98 Å². The highest BCUT2D eigenvalue weighted by Gasteiger charge is 2.22. The van der Waals surface area contributed by atoms with Gasteiger partial charge in [0.25, 0.3) is 5.91 Å². The number of ether oxygens (including phenoxy) is 1. The summed E-state index contributed by atoms with van der Waals surface area (Å²) in [5, 5.41) is 3.22. The highest BCUT2D eigenvalue weighted by molar-refractivity contribution is 7.98. The van der Waals surface area contributed by atoms with Crippen molar-refractivity contribution in [2.75, 3.05) is 20.2 Å². The molecule has 0 radical (unpaired) electrons. The number of fused-ring (bicyclic) bond motifs is 1. The molecular formula is C28H30N4O2S. The van der Waals surface area contributed by atoms with E-state index in [0.717, 1.165) is 60.2 Å². The number of carbonyl (C=O) groups is 1. The second kappa shape index (κ2) is 11.0. The zero-order chi connectivity index (χ0) is 24.0. The van der Waals surface area contributed by atoms with Gasteiger partial charge in [-0.1, -0.05) is 24.3 Å². The number of hydrogen-bond acceptors (Lipinski definition) is 5. The van der Waals surface area contributed by atoms with E-state index in [2.05, 4.69) is 27.5 Å². The summed E-state index contributed by atoms with van der Waals surface area (Å²) in [5.41, 5.74) is 3.91. The van der Waals surface area contributed by atoms with E-state index < -0.39 is 0 Å². The fourth-order valence-corrected chi connectivity index (χ4v) is 5.28. The molecule has 4 aromatic rings. The monoisotopic (exact) mass is 486 g/mol. The fourth-order valence-electron chi connectivity index (χ4n) is 4.50. The Balaban J connectivity index is 1.09. The van der Waals surface area contributed by atoms with Gasteiger partial charge in [0.15, 0.2) is 0 Å². The number of nitrogens with one attached hydrogen (secondary N) is 1. The third-order valence-corrected chi connectivity index (χ3v) is 7.47. The molecule has 2 aromatic carbocycles. The summed E-state index contributed by atoms with van der Waals surface area (Å²) in [4.78, 5) is 21.0. The summed E-state index contributed by atoms with van der Waals surface area (Å²) in [5.74, 6) is 1.73. The number of likely N-dealkylation sites (tertiary alicyclic amines) is 1. The number of amides is 1. The van der Waals surface area contributed by atoms with Crippen molar-refractivity contribution < 1.29 is 9.53 Å². The van der Waals surface area contributed by atoms with Crippen LogP contribution in [-0.4, -0.2) is 46.4 Å². The smallest absolute Gasteiger partial charge is 0.251 e. The summed E-state index contributed by atoms with van der Waals surface area (Å²) in [6.07, 6.45) is 5.97. The van der Waals surface area contributed by atoms with Crippen LogP contribution in [-0.2, 0) is 12.3 Å². The van der Waals surface area contributed by atoms with Crippen molar-refractivity contribution in [1.29, 1.82) is 0 Å². The standard InChI is InChI=1S/C28H30N4O2S/c1-34-26-7-3-2-6-22(26)18-31-16-13-23(14-17-31)30-28(33)21-9-11-25(12-10-21)35-20-24-19-32-15-5-4-8-27(32)29-24/h2-12,15,19,23H,13-14,16-18,20H2,1H3,(H,30,33). The van der Waals surface area contributed by atoms with Crippen LogP contribution in [0.25, 0.3) is 5.65 Å². The minimum absolute atomic E-state index is 0.00470. The van der Waals surface area contributed by atoms with Gasteiger partial charge in [-0.05, 0) is 55.3 Å². The average molecular weight is 487 g/mol. The molecule has 1 N–H and O–H groups in total. The van der Waals surface area contributed by atoms with Crippen molar-refractivity contribution in [2.45, 2.75) is 36.1 Å². The number of rotatable bonds is 8.